The number of Topliss-reactive ketones (excluding diaryl/α,β-unsaturated/α-hetero) is 1. The molecule has 0 bridgehead atoms. The topological polar surface area (TPSA) is 55.5 Å². The van der Waals surface area contributed by atoms with Crippen molar-refractivity contribution in [3.05, 3.63) is 24.3 Å². The van der Waals surface area contributed by atoms with Crippen LogP contribution in [-0.4, -0.2) is 18.7 Å². The number of amidine groups is 1. The van der Waals surface area contributed by atoms with E-state index in [0.717, 1.165) is 0 Å². The molecule has 3 heteroatoms. The average molecular weight is 152 g/mol. The molecule has 0 aliphatic rings. The lowest BCUT2D eigenvalue weighted by atomic mass is 10.1. The molecule has 60 valence electrons. The molecular formula is C8H12N2O. The van der Waals surface area contributed by atoms with Crippen LogP contribution in [0.1, 0.15) is 6.92 Å². The van der Waals surface area contributed by atoms with Gasteiger partial charge in [0, 0.05) is 7.05 Å². The summed E-state index contributed by atoms with van der Waals surface area (Å²) in [5.41, 5.74) is 5.82. The molecule has 3 nitrogen and oxygen atoms in total. The van der Waals surface area contributed by atoms with Crippen molar-refractivity contribution in [2.24, 2.45) is 10.7 Å². The predicted octanol–water partition coefficient (Wildman–Crippen LogP) is 0.675. The minimum absolute atomic E-state index is 0.104. The summed E-state index contributed by atoms with van der Waals surface area (Å²) in [7, 11) is 1.54. The number of aliphatic imine (C=N–C) groups is 1. The highest BCUT2D eigenvalue weighted by molar-refractivity contribution is 6.20. The second-order valence-electron chi connectivity index (χ2n) is 1.98. The lowest BCUT2D eigenvalue weighted by Gasteiger charge is -1.98. The van der Waals surface area contributed by atoms with Crippen LogP contribution in [0.15, 0.2) is 29.3 Å². The zero-order valence-corrected chi connectivity index (χ0v) is 6.79. The fraction of sp³-hybridized carbons (Fsp3) is 0.250. The van der Waals surface area contributed by atoms with Gasteiger partial charge in [-0.2, -0.15) is 0 Å². The number of carbonyl (C=O) groups is 1. The van der Waals surface area contributed by atoms with E-state index in [2.05, 4.69) is 11.6 Å². The third-order valence-corrected chi connectivity index (χ3v) is 1.18. The quantitative estimate of drug-likeness (QED) is 0.280. The third-order valence-electron chi connectivity index (χ3n) is 1.18. The third kappa shape index (κ3) is 2.80. The van der Waals surface area contributed by atoms with Gasteiger partial charge in [-0.15, -0.1) is 0 Å². The number of rotatable bonds is 3. The van der Waals surface area contributed by atoms with Gasteiger partial charge in [0.05, 0.1) is 5.57 Å². The molecule has 0 heterocycles. The van der Waals surface area contributed by atoms with E-state index in [0.29, 0.717) is 5.57 Å². The van der Waals surface area contributed by atoms with Gasteiger partial charge in [0.15, 0.2) is 5.78 Å². The number of nitrogens with two attached hydrogens (primary N) is 1. The first kappa shape index (κ1) is 9.62. The summed E-state index contributed by atoms with van der Waals surface area (Å²) in [5.74, 6) is 0.144. The van der Waals surface area contributed by atoms with Crippen molar-refractivity contribution in [2.75, 3.05) is 7.05 Å². The van der Waals surface area contributed by atoms with Crippen LogP contribution in [0.4, 0.5) is 0 Å². The lowest BCUT2D eigenvalue weighted by Crippen LogP contribution is -2.19. The van der Waals surface area contributed by atoms with Crippen molar-refractivity contribution in [3.63, 3.8) is 0 Å². The van der Waals surface area contributed by atoms with Gasteiger partial charge in [-0.3, -0.25) is 9.79 Å². The molecule has 0 unspecified atom stereocenters. The van der Waals surface area contributed by atoms with Crippen LogP contribution in [0.5, 0.6) is 0 Å². The monoisotopic (exact) mass is 152 g/mol. The number of hydrogen-bond acceptors (Lipinski definition) is 2. The first-order valence-corrected chi connectivity index (χ1v) is 3.19. The summed E-state index contributed by atoms with van der Waals surface area (Å²) >= 11 is 0. The Bertz CT molecular complexity index is 226. The molecule has 0 rings (SSSR count). The molecule has 2 N–H and O–H groups in total. The van der Waals surface area contributed by atoms with Crippen LogP contribution in [-0.2, 0) is 4.79 Å². The molecular weight excluding hydrogens is 140 g/mol. The summed E-state index contributed by atoms with van der Waals surface area (Å²) in [4.78, 5) is 14.5. The highest BCUT2D eigenvalue weighted by Crippen LogP contribution is 1.96. The Labute approximate surface area is 66.3 Å². The molecule has 0 aromatic heterocycles. The Kier molecular flexibility index (Phi) is 3.88. The van der Waals surface area contributed by atoms with Crippen LogP contribution in [0.2, 0.25) is 0 Å². The van der Waals surface area contributed by atoms with Gasteiger partial charge in [0.25, 0.3) is 0 Å². The molecule has 0 fully saturated rings. The van der Waals surface area contributed by atoms with E-state index in [1.54, 1.807) is 6.08 Å². The Morgan fingerprint density at radius 1 is 1.64 bits per heavy atom. The van der Waals surface area contributed by atoms with Crippen molar-refractivity contribution >= 4 is 11.6 Å². The molecule has 11 heavy (non-hydrogen) atoms. The fourth-order valence-electron chi connectivity index (χ4n) is 0.621. The van der Waals surface area contributed by atoms with Gasteiger partial charge >= 0.3 is 0 Å². The Morgan fingerprint density at radius 2 is 2.18 bits per heavy atom. The Balaban J connectivity index is 4.76. The molecule has 0 aliphatic carbocycles. The fourth-order valence-corrected chi connectivity index (χ4v) is 0.621. The Hall–Kier alpha value is -1.38. The van der Waals surface area contributed by atoms with Gasteiger partial charge in [-0.05, 0) is 13.0 Å². The van der Waals surface area contributed by atoms with E-state index in [1.165, 1.54) is 20.0 Å². The molecule has 0 spiro atoms. The maximum Gasteiger partial charge on any atom is 0.163 e. The largest absolute Gasteiger partial charge is 0.383 e. The molecule has 0 atom stereocenters. The number of ketones is 1. The smallest absolute Gasteiger partial charge is 0.163 e. The van der Waals surface area contributed by atoms with Crippen molar-refractivity contribution in [3.8, 4) is 0 Å². The second kappa shape index (κ2) is 4.44. The van der Waals surface area contributed by atoms with E-state index < -0.39 is 0 Å². The summed E-state index contributed by atoms with van der Waals surface area (Å²) in [6.07, 6.45) is 3.06. The van der Waals surface area contributed by atoms with E-state index in [1.807, 2.05) is 0 Å². The molecule has 0 aliphatic heterocycles. The summed E-state index contributed by atoms with van der Waals surface area (Å²) in [5, 5.41) is 0. The van der Waals surface area contributed by atoms with Crippen LogP contribution in [0.3, 0.4) is 0 Å². The number of hydrogen-bond donors (Lipinski definition) is 1. The van der Waals surface area contributed by atoms with E-state index >= 15 is 0 Å². The highest BCUT2D eigenvalue weighted by atomic mass is 16.1. The standard InChI is InChI=1S/C8H12N2O/c1-4-5-7(6(2)11)8(9)10-3/h4-5H,1H2,2-3H3,(H2,9,10)/b7-5-. The van der Waals surface area contributed by atoms with Crippen LogP contribution >= 0.6 is 0 Å². The normalized spacial score (nSPS) is 12.9. The minimum atomic E-state index is -0.104. The maximum absolute atomic E-state index is 10.9. The van der Waals surface area contributed by atoms with Gasteiger partial charge in [-0.25, -0.2) is 0 Å². The van der Waals surface area contributed by atoms with Crippen molar-refractivity contribution < 1.29 is 4.79 Å². The zero-order chi connectivity index (χ0) is 8.85. The van der Waals surface area contributed by atoms with Gasteiger partial charge in [-0.1, -0.05) is 12.7 Å². The summed E-state index contributed by atoms with van der Waals surface area (Å²) < 4.78 is 0. The molecule has 0 aromatic carbocycles. The van der Waals surface area contributed by atoms with Crippen LogP contribution < -0.4 is 5.73 Å². The summed E-state index contributed by atoms with van der Waals surface area (Å²) in [6.45, 7) is 4.90. The first-order valence-electron chi connectivity index (χ1n) is 3.19. The SMILES string of the molecule is C=C/C=C(C(C)=O)\C(N)=N/C. The van der Waals surface area contributed by atoms with Gasteiger partial charge in [0.1, 0.15) is 5.84 Å². The first-order chi connectivity index (χ1) is 5.13. The molecule has 0 saturated heterocycles. The molecule has 0 amide bonds. The van der Waals surface area contributed by atoms with E-state index in [9.17, 15) is 4.79 Å². The lowest BCUT2D eigenvalue weighted by molar-refractivity contribution is -0.113. The summed E-state index contributed by atoms with van der Waals surface area (Å²) in [6, 6.07) is 0. The number of nitrogens with zero attached hydrogens (tertiary/aromatic N) is 1. The van der Waals surface area contributed by atoms with Crippen molar-refractivity contribution in [1.82, 2.24) is 0 Å². The molecule has 0 radical (unpaired) electrons. The highest BCUT2D eigenvalue weighted by Gasteiger charge is 2.05. The average Bonchev–Trinajstić information content (AvgIpc) is 1.98. The number of allylic oxidation sites excluding steroid dienone is 2. The maximum atomic E-state index is 10.9. The Morgan fingerprint density at radius 3 is 2.45 bits per heavy atom. The predicted molar refractivity (Wildman–Crippen MR) is 46.5 cm³/mol. The zero-order valence-electron chi connectivity index (χ0n) is 6.79. The van der Waals surface area contributed by atoms with Crippen molar-refractivity contribution in [2.45, 2.75) is 6.92 Å². The minimum Gasteiger partial charge on any atom is -0.383 e. The van der Waals surface area contributed by atoms with E-state index in [4.69, 9.17) is 5.73 Å². The van der Waals surface area contributed by atoms with Crippen molar-refractivity contribution in [1.29, 1.82) is 0 Å². The van der Waals surface area contributed by atoms with Crippen LogP contribution in [0, 0.1) is 0 Å². The second-order valence-corrected chi connectivity index (χ2v) is 1.98. The van der Waals surface area contributed by atoms with Crippen LogP contribution in [0.25, 0.3) is 0 Å². The van der Waals surface area contributed by atoms with E-state index in [-0.39, 0.29) is 11.6 Å². The molecule has 0 aromatic rings. The van der Waals surface area contributed by atoms with Gasteiger partial charge < -0.3 is 5.73 Å². The number of carbonyl (C=O) groups excluding carboxylic acids is 1. The van der Waals surface area contributed by atoms with Gasteiger partial charge in [0.2, 0.25) is 0 Å². The molecule has 0 saturated carbocycles.